The van der Waals surface area contributed by atoms with Gasteiger partial charge in [-0.25, -0.2) is 4.99 Å². The molecular formula is C12H16BN3OS. The molecule has 1 aliphatic carbocycles. The molecule has 0 aromatic carbocycles. The monoisotopic (exact) mass is 261 g/mol. The van der Waals surface area contributed by atoms with Gasteiger partial charge in [0.05, 0.1) is 0 Å². The Bertz CT molecular complexity index is 499. The van der Waals surface area contributed by atoms with Crippen LogP contribution in [0.1, 0.15) is 24.1 Å². The van der Waals surface area contributed by atoms with Gasteiger partial charge in [0.1, 0.15) is 19.6 Å². The van der Waals surface area contributed by atoms with Crippen molar-refractivity contribution < 1.29 is 5.11 Å². The van der Waals surface area contributed by atoms with E-state index in [-0.39, 0.29) is 5.54 Å². The van der Waals surface area contributed by atoms with Gasteiger partial charge in [-0.2, -0.15) is 0 Å². The quantitative estimate of drug-likeness (QED) is 0.743. The summed E-state index contributed by atoms with van der Waals surface area (Å²) >= 11 is 1.61. The van der Waals surface area contributed by atoms with Gasteiger partial charge in [0.2, 0.25) is 0 Å². The number of aliphatic hydroxyl groups excluding tert-OH is 1. The van der Waals surface area contributed by atoms with Crippen LogP contribution in [0.2, 0.25) is 0 Å². The first-order valence-electron chi connectivity index (χ1n) is 6.13. The first kappa shape index (κ1) is 12.1. The summed E-state index contributed by atoms with van der Waals surface area (Å²) in [5.74, 6) is 0.894. The summed E-state index contributed by atoms with van der Waals surface area (Å²) in [6, 6.07) is 1.97. The molecule has 1 aromatic heterocycles. The van der Waals surface area contributed by atoms with Crippen LogP contribution in [0.4, 0.5) is 0 Å². The number of nitrogens with zero attached hydrogens (tertiary/aromatic N) is 2. The van der Waals surface area contributed by atoms with Crippen LogP contribution in [-0.4, -0.2) is 37.1 Å². The van der Waals surface area contributed by atoms with Crippen molar-refractivity contribution in [3.05, 3.63) is 16.3 Å². The van der Waals surface area contributed by atoms with Gasteiger partial charge >= 0.3 is 0 Å². The third kappa shape index (κ3) is 1.75. The second kappa shape index (κ2) is 4.00. The zero-order chi connectivity index (χ0) is 12.9. The number of aliphatic hydroxyl groups is 1. The van der Waals surface area contributed by atoms with Gasteiger partial charge in [0, 0.05) is 18.3 Å². The maximum absolute atomic E-state index is 10.2. The van der Waals surface area contributed by atoms with E-state index in [4.69, 9.17) is 18.6 Å². The predicted octanol–water partition coefficient (Wildman–Crippen LogP) is 0.116. The molecule has 2 radical (unpaired) electrons. The van der Waals surface area contributed by atoms with Crippen molar-refractivity contribution in [2.75, 3.05) is 7.05 Å². The molecule has 0 spiro atoms. The van der Waals surface area contributed by atoms with E-state index in [0.717, 1.165) is 23.2 Å². The minimum absolute atomic E-state index is 0.363. The Labute approximate surface area is 112 Å². The summed E-state index contributed by atoms with van der Waals surface area (Å²) in [5.41, 5.74) is 6.34. The molecule has 1 aliphatic heterocycles. The van der Waals surface area contributed by atoms with Gasteiger partial charge in [-0.3, -0.25) is 0 Å². The van der Waals surface area contributed by atoms with Crippen LogP contribution in [0.25, 0.3) is 0 Å². The van der Waals surface area contributed by atoms with E-state index in [1.807, 2.05) is 11.4 Å². The average Bonchev–Trinajstić information content (AvgIpc) is 3.09. The lowest BCUT2D eigenvalue weighted by Crippen LogP contribution is -2.51. The van der Waals surface area contributed by atoms with Crippen molar-refractivity contribution >= 4 is 30.6 Å². The van der Waals surface area contributed by atoms with E-state index in [9.17, 15) is 5.11 Å². The molecule has 2 aliphatic rings. The first-order valence-corrected chi connectivity index (χ1v) is 7.01. The molecule has 2 heterocycles. The fourth-order valence-electron chi connectivity index (χ4n) is 2.65. The molecule has 2 atom stereocenters. The topological polar surface area (TPSA) is 61.8 Å². The molecular weight excluding hydrogens is 245 g/mol. The highest BCUT2D eigenvalue weighted by Gasteiger charge is 2.51. The number of nitrogens with two attached hydrogens (primary N) is 1. The van der Waals surface area contributed by atoms with Crippen molar-refractivity contribution in [2.45, 2.75) is 31.0 Å². The van der Waals surface area contributed by atoms with E-state index in [1.165, 1.54) is 0 Å². The van der Waals surface area contributed by atoms with Crippen LogP contribution >= 0.6 is 11.3 Å². The maximum Gasteiger partial charge on any atom is 0.193 e. The Balaban J connectivity index is 2.07. The van der Waals surface area contributed by atoms with Crippen molar-refractivity contribution in [2.24, 2.45) is 16.6 Å². The molecule has 94 valence electrons. The number of hydrogen-bond donors (Lipinski definition) is 2. The van der Waals surface area contributed by atoms with Crippen LogP contribution in [0, 0.1) is 5.92 Å². The third-order valence-electron chi connectivity index (χ3n) is 3.92. The molecule has 6 heteroatoms. The summed E-state index contributed by atoms with van der Waals surface area (Å²) in [5, 5.41) is 12.1. The smallest absolute Gasteiger partial charge is 0.193 e. The van der Waals surface area contributed by atoms with Gasteiger partial charge in [-0.1, -0.05) is 11.5 Å². The van der Waals surface area contributed by atoms with Gasteiger partial charge in [0.25, 0.3) is 0 Å². The van der Waals surface area contributed by atoms with Crippen molar-refractivity contribution in [3.8, 4) is 0 Å². The zero-order valence-electron chi connectivity index (χ0n) is 10.3. The Morgan fingerprint density at radius 2 is 2.33 bits per heavy atom. The molecule has 18 heavy (non-hydrogen) atoms. The minimum atomic E-state index is -0.577. The standard InChI is InChI=1S/C12H16BN3OS/c1-16-10(17)5-12(7-2-3-7,15-11(16)14)9-4-8(13)6-18-9/h4,6-7,10,17H,2-3,5H2,1H3,(H2,14,15)/t10?,12-/m1/s1. The number of rotatable bonds is 2. The van der Waals surface area contributed by atoms with Crippen LogP contribution in [-0.2, 0) is 5.54 Å². The Morgan fingerprint density at radius 3 is 2.83 bits per heavy atom. The molecule has 1 fully saturated rings. The molecule has 0 amide bonds. The summed E-state index contributed by atoms with van der Waals surface area (Å²) in [6.45, 7) is 0. The fourth-order valence-corrected chi connectivity index (χ4v) is 3.69. The molecule has 3 rings (SSSR count). The first-order chi connectivity index (χ1) is 8.53. The van der Waals surface area contributed by atoms with Crippen LogP contribution < -0.4 is 11.2 Å². The number of hydrogen-bond acceptors (Lipinski definition) is 5. The van der Waals surface area contributed by atoms with E-state index in [1.54, 1.807) is 23.3 Å². The van der Waals surface area contributed by atoms with E-state index >= 15 is 0 Å². The summed E-state index contributed by atoms with van der Waals surface area (Å²) in [4.78, 5) is 7.45. The predicted molar refractivity (Wildman–Crippen MR) is 74.1 cm³/mol. The highest BCUT2D eigenvalue weighted by Crippen LogP contribution is 2.53. The van der Waals surface area contributed by atoms with Crippen LogP contribution in [0.15, 0.2) is 16.4 Å². The summed E-state index contributed by atoms with van der Waals surface area (Å²) in [7, 11) is 7.59. The molecule has 0 bridgehead atoms. The average molecular weight is 261 g/mol. The van der Waals surface area contributed by atoms with Gasteiger partial charge < -0.3 is 15.7 Å². The van der Waals surface area contributed by atoms with E-state index in [0.29, 0.717) is 18.3 Å². The largest absolute Gasteiger partial charge is 0.373 e. The minimum Gasteiger partial charge on any atom is -0.373 e. The summed E-state index contributed by atoms with van der Waals surface area (Å²) < 4.78 is 0. The Morgan fingerprint density at radius 1 is 1.61 bits per heavy atom. The van der Waals surface area contributed by atoms with Crippen LogP contribution in [0.5, 0.6) is 0 Å². The Hall–Kier alpha value is -1.01. The van der Waals surface area contributed by atoms with Crippen molar-refractivity contribution in [3.63, 3.8) is 0 Å². The lowest BCUT2D eigenvalue weighted by molar-refractivity contribution is 0.0214. The highest BCUT2D eigenvalue weighted by molar-refractivity contribution is 7.11. The van der Waals surface area contributed by atoms with Gasteiger partial charge in [-0.05, 0) is 24.1 Å². The zero-order valence-corrected chi connectivity index (χ0v) is 11.2. The number of aliphatic imine (C=N–C) groups is 1. The molecule has 0 saturated heterocycles. The van der Waals surface area contributed by atoms with Gasteiger partial charge in [-0.15, -0.1) is 11.3 Å². The molecule has 1 unspecified atom stereocenters. The lowest BCUT2D eigenvalue weighted by atomic mass is 9.84. The molecule has 3 N–H and O–H groups in total. The molecule has 4 nitrogen and oxygen atoms in total. The second-order valence-corrected chi connectivity index (χ2v) is 6.12. The third-order valence-corrected chi connectivity index (χ3v) is 5.03. The van der Waals surface area contributed by atoms with Gasteiger partial charge in [0.15, 0.2) is 5.96 Å². The van der Waals surface area contributed by atoms with E-state index < -0.39 is 6.23 Å². The number of thiophene rings is 1. The van der Waals surface area contributed by atoms with Crippen molar-refractivity contribution in [1.29, 1.82) is 0 Å². The van der Waals surface area contributed by atoms with Crippen LogP contribution in [0.3, 0.4) is 0 Å². The highest BCUT2D eigenvalue weighted by atomic mass is 32.1. The Kier molecular flexibility index (Phi) is 2.68. The SMILES string of the molecule is [B]c1csc([C@]2(C3CC3)CC(O)N(C)C(N)=N2)c1. The molecule has 1 aromatic rings. The lowest BCUT2D eigenvalue weighted by Gasteiger charge is -2.40. The summed E-state index contributed by atoms with van der Waals surface area (Å²) in [6.07, 6.45) is 2.30. The maximum atomic E-state index is 10.2. The second-order valence-electron chi connectivity index (χ2n) is 5.21. The van der Waals surface area contributed by atoms with Crippen molar-refractivity contribution in [1.82, 2.24) is 4.90 Å². The number of guanidine groups is 1. The molecule has 1 saturated carbocycles. The fraction of sp³-hybridized carbons (Fsp3) is 0.583. The van der Waals surface area contributed by atoms with E-state index in [2.05, 4.69) is 0 Å². The normalized spacial score (nSPS) is 32.4.